The molecule has 1 aromatic carbocycles. The van der Waals surface area contributed by atoms with Gasteiger partial charge >= 0.3 is 6.18 Å². The number of nitrogens with one attached hydrogen (secondary N) is 2. The fourth-order valence-corrected chi connectivity index (χ4v) is 2.22. The number of hydrogen-bond donors (Lipinski definition) is 2. The van der Waals surface area contributed by atoms with Gasteiger partial charge in [0.25, 0.3) is 0 Å². The second-order valence-corrected chi connectivity index (χ2v) is 5.15. The second-order valence-electron chi connectivity index (χ2n) is 4.12. The lowest BCUT2D eigenvalue weighted by molar-refractivity contribution is -0.134. The number of amides is 1. The normalized spacial score (nSPS) is 11.2. The van der Waals surface area contributed by atoms with Crippen LogP contribution in [0.15, 0.2) is 36.5 Å². The molecule has 0 saturated carbocycles. The molecule has 1 amide bonds. The largest absolute Gasteiger partial charge is 0.427 e. The summed E-state index contributed by atoms with van der Waals surface area (Å²) in [6.45, 7) is 0.212. The number of nitrogens with zero attached hydrogens (tertiary/aromatic N) is 1. The van der Waals surface area contributed by atoms with Gasteiger partial charge in [-0.15, -0.1) is 0 Å². The predicted molar refractivity (Wildman–Crippen MR) is 75.3 cm³/mol. The van der Waals surface area contributed by atoms with E-state index in [4.69, 9.17) is 0 Å². The maximum absolute atomic E-state index is 12.4. The Morgan fingerprint density at radius 1 is 1.24 bits per heavy atom. The molecule has 0 atom stereocenters. The molecule has 0 radical (unpaired) electrons. The second kappa shape index (κ2) is 6.57. The molecule has 4 nitrogen and oxygen atoms in total. The number of hydrogen-bond acceptors (Lipinski definition) is 4. The van der Waals surface area contributed by atoms with Crippen molar-refractivity contribution in [2.24, 2.45) is 0 Å². The van der Waals surface area contributed by atoms with Crippen LogP contribution < -0.4 is 10.6 Å². The molecule has 0 saturated heterocycles. The van der Waals surface area contributed by atoms with E-state index in [2.05, 4.69) is 15.6 Å². The van der Waals surface area contributed by atoms with Crippen molar-refractivity contribution in [1.82, 2.24) is 4.98 Å². The van der Waals surface area contributed by atoms with Gasteiger partial charge in [0.05, 0.1) is 6.20 Å². The van der Waals surface area contributed by atoms with E-state index in [1.165, 1.54) is 0 Å². The van der Waals surface area contributed by atoms with Crippen molar-refractivity contribution < 1.29 is 18.0 Å². The Bertz CT molecular complexity index is 598. The van der Waals surface area contributed by atoms with Crippen LogP contribution >= 0.6 is 11.3 Å². The Morgan fingerprint density at radius 3 is 2.57 bits per heavy atom. The van der Waals surface area contributed by atoms with Gasteiger partial charge in [-0.2, -0.15) is 13.2 Å². The van der Waals surface area contributed by atoms with Gasteiger partial charge in [0, 0.05) is 18.7 Å². The Labute approximate surface area is 123 Å². The minimum absolute atomic E-state index is 0.135. The van der Waals surface area contributed by atoms with Crippen LogP contribution in [-0.2, 0) is 11.0 Å². The number of rotatable bonds is 5. The summed E-state index contributed by atoms with van der Waals surface area (Å²) in [6, 6.07) is 8.92. The summed E-state index contributed by atoms with van der Waals surface area (Å²) in [4.78, 5) is 14.5. The summed E-state index contributed by atoms with van der Waals surface area (Å²) in [7, 11) is 0. The molecule has 0 bridgehead atoms. The minimum Gasteiger partial charge on any atom is -0.361 e. The topological polar surface area (TPSA) is 54.0 Å². The number of aromatic nitrogens is 1. The molecule has 1 heterocycles. The summed E-state index contributed by atoms with van der Waals surface area (Å²) < 4.78 is 37.1. The Hall–Kier alpha value is -2.09. The molecule has 0 aliphatic heterocycles. The maximum atomic E-state index is 12.4. The lowest BCUT2D eigenvalue weighted by Crippen LogP contribution is -2.16. The van der Waals surface area contributed by atoms with Crippen LogP contribution in [0.4, 0.5) is 24.0 Å². The molecular formula is C13H12F3N3OS. The molecule has 0 unspecified atom stereocenters. The zero-order chi connectivity index (χ0) is 15.3. The first kappa shape index (κ1) is 15.3. The lowest BCUT2D eigenvalue weighted by atomic mass is 10.3. The fraction of sp³-hybridized carbons (Fsp3) is 0.231. The molecular weight excluding hydrogens is 303 g/mol. The highest BCUT2D eigenvalue weighted by molar-refractivity contribution is 7.15. The van der Waals surface area contributed by atoms with Crippen molar-refractivity contribution in [3.63, 3.8) is 0 Å². The number of carbonyl (C=O) groups excluding carboxylic acids is 1. The van der Waals surface area contributed by atoms with Gasteiger partial charge in [-0.25, -0.2) is 4.98 Å². The molecule has 0 aliphatic carbocycles. The van der Waals surface area contributed by atoms with Gasteiger partial charge < -0.3 is 10.6 Å². The Morgan fingerprint density at radius 2 is 1.95 bits per heavy atom. The molecule has 2 aromatic rings. The van der Waals surface area contributed by atoms with Gasteiger partial charge in [-0.05, 0) is 12.1 Å². The van der Waals surface area contributed by atoms with E-state index in [1.807, 2.05) is 6.07 Å². The van der Waals surface area contributed by atoms with Crippen molar-refractivity contribution in [2.75, 3.05) is 17.2 Å². The zero-order valence-corrected chi connectivity index (χ0v) is 11.6. The first-order chi connectivity index (χ1) is 9.95. The average molecular weight is 315 g/mol. The number of halogens is 3. The van der Waals surface area contributed by atoms with E-state index < -0.39 is 11.1 Å². The summed E-state index contributed by atoms with van der Waals surface area (Å²) in [6.07, 6.45) is -3.48. The summed E-state index contributed by atoms with van der Waals surface area (Å²) in [5, 5.41) is 5.53. The van der Waals surface area contributed by atoms with E-state index in [1.54, 1.807) is 24.3 Å². The summed E-state index contributed by atoms with van der Waals surface area (Å²) >= 11 is 0.517. The molecule has 0 aliphatic rings. The van der Waals surface area contributed by atoms with Crippen molar-refractivity contribution in [2.45, 2.75) is 12.6 Å². The highest BCUT2D eigenvalue weighted by atomic mass is 32.1. The maximum Gasteiger partial charge on any atom is 0.427 e. The molecule has 1 aromatic heterocycles. The first-order valence-electron chi connectivity index (χ1n) is 6.07. The predicted octanol–water partition coefficient (Wildman–Crippen LogP) is 3.60. The smallest absolute Gasteiger partial charge is 0.361 e. The Kier molecular flexibility index (Phi) is 4.79. The molecule has 8 heteroatoms. The SMILES string of the molecule is O=C(CCNc1ncc(C(F)(F)F)s1)Nc1ccccc1. The number of anilines is 2. The van der Waals surface area contributed by atoms with E-state index >= 15 is 0 Å². The van der Waals surface area contributed by atoms with Crippen LogP contribution in [0.2, 0.25) is 0 Å². The third-order valence-corrected chi connectivity index (χ3v) is 3.47. The van der Waals surface area contributed by atoms with Crippen LogP contribution in [0.3, 0.4) is 0 Å². The molecule has 0 fully saturated rings. The average Bonchev–Trinajstić information content (AvgIpc) is 2.88. The van der Waals surface area contributed by atoms with Crippen LogP contribution in [0.1, 0.15) is 11.3 Å². The van der Waals surface area contributed by atoms with E-state index in [0.29, 0.717) is 17.0 Å². The number of thiazole rings is 1. The van der Waals surface area contributed by atoms with Crippen LogP contribution in [0, 0.1) is 0 Å². The van der Waals surface area contributed by atoms with Crippen LogP contribution in [0.5, 0.6) is 0 Å². The number of para-hydroxylation sites is 1. The third-order valence-electron chi connectivity index (χ3n) is 2.47. The quantitative estimate of drug-likeness (QED) is 0.886. The van der Waals surface area contributed by atoms with Crippen molar-refractivity contribution in [3.05, 3.63) is 41.4 Å². The van der Waals surface area contributed by atoms with Crippen molar-refractivity contribution in [3.8, 4) is 0 Å². The number of alkyl halides is 3. The van der Waals surface area contributed by atoms with Crippen LogP contribution in [-0.4, -0.2) is 17.4 Å². The molecule has 21 heavy (non-hydrogen) atoms. The molecule has 112 valence electrons. The third kappa shape index (κ3) is 4.75. The number of benzene rings is 1. The highest BCUT2D eigenvalue weighted by Crippen LogP contribution is 2.34. The van der Waals surface area contributed by atoms with Gasteiger partial charge in [0.2, 0.25) is 5.91 Å². The zero-order valence-electron chi connectivity index (χ0n) is 10.8. The van der Waals surface area contributed by atoms with Gasteiger partial charge in [0.15, 0.2) is 5.13 Å². The van der Waals surface area contributed by atoms with Crippen molar-refractivity contribution in [1.29, 1.82) is 0 Å². The van der Waals surface area contributed by atoms with Gasteiger partial charge in [0.1, 0.15) is 4.88 Å². The van der Waals surface area contributed by atoms with Crippen LogP contribution in [0.25, 0.3) is 0 Å². The fourth-order valence-electron chi connectivity index (χ4n) is 1.51. The Balaban J connectivity index is 1.77. The molecule has 2 N–H and O–H groups in total. The summed E-state index contributed by atoms with van der Waals surface area (Å²) in [5.74, 6) is -0.221. The monoisotopic (exact) mass is 315 g/mol. The number of carbonyl (C=O) groups is 1. The van der Waals surface area contributed by atoms with Gasteiger partial charge in [-0.1, -0.05) is 29.5 Å². The molecule has 0 spiro atoms. The standard InChI is InChI=1S/C13H12F3N3OS/c14-13(15,16)10-8-18-12(21-10)17-7-6-11(20)19-9-4-2-1-3-5-9/h1-5,8H,6-7H2,(H,17,18)(H,19,20). The lowest BCUT2D eigenvalue weighted by Gasteiger charge is -2.05. The first-order valence-corrected chi connectivity index (χ1v) is 6.88. The highest BCUT2D eigenvalue weighted by Gasteiger charge is 2.33. The van der Waals surface area contributed by atoms with E-state index in [0.717, 1.165) is 6.20 Å². The molecule has 2 rings (SSSR count). The van der Waals surface area contributed by atoms with Crippen molar-refractivity contribution >= 4 is 28.1 Å². The van der Waals surface area contributed by atoms with E-state index in [9.17, 15) is 18.0 Å². The van der Waals surface area contributed by atoms with Gasteiger partial charge in [-0.3, -0.25) is 4.79 Å². The summed E-state index contributed by atoms with van der Waals surface area (Å²) in [5.41, 5.74) is 0.677. The van der Waals surface area contributed by atoms with E-state index in [-0.39, 0.29) is 24.0 Å². The minimum atomic E-state index is -4.39.